The lowest BCUT2D eigenvalue weighted by Gasteiger charge is -2.17. The molecule has 2 N–H and O–H groups in total. The number of benzene rings is 2. The molecule has 168 valence electrons. The van der Waals surface area contributed by atoms with Crippen LogP contribution in [0.15, 0.2) is 60.7 Å². The number of nitrogens with one attached hydrogen (secondary N) is 2. The standard InChI is InChI=1S/C26H25N3O3S/c30-22(24(31)27-19-13-14-19)20(15-16-7-3-1-4-8-16)28-25(32)23-21(17-9-5-2-6-10-17)29-26(33-23)18-11-12-18/h1-10,18-20H,11-15H2,(H,27,31)(H,28,32)/t20-/m0/s1. The van der Waals surface area contributed by atoms with Gasteiger partial charge in [0.25, 0.3) is 11.8 Å². The van der Waals surface area contributed by atoms with Gasteiger partial charge in [-0.15, -0.1) is 11.3 Å². The van der Waals surface area contributed by atoms with E-state index in [1.807, 2.05) is 60.7 Å². The van der Waals surface area contributed by atoms with Crippen molar-refractivity contribution < 1.29 is 14.4 Å². The zero-order valence-electron chi connectivity index (χ0n) is 18.1. The van der Waals surface area contributed by atoms with E-state index in [2.05, 4.69) is 10.6 Å². The molecule has 1 aromatic heterocycles. The van der Waals surface area contributed by atoms with Gasteiger partial charge in [0.15, 0.2) is 0 Å². The Kier molecular flexibility index (Phi) is 6.05. The fourth-order valence-corrected chi connectivity index (χ4v) is 4.87. The maximum Gasteiger partial charge on any atom is 0.289 e. The van der Waals surface area contributed by atoms with Crippen LogP contribution in [0.1, 0.15) is 51.8 Å². The highest BCUT2D eigenvalue weighted by atomic mass is 32.1. The van der Waals surface area contributed by atoms with E-state index in [9.17, 15) is 14.4 Å². The van der Waals surface area contributed by atoms with Gasteiger partial charge in [0.2, 0.25) is 5.78 Å². The van der Waals surface area contributed by atoms with E-state index >= 15 is 0 Å². The van der Waals surface area contributed by atoms with Gasteiger partial charge in [0.05, 0.1) is 10.7 Å². The number of Topliss-reactive ketones (excluding diaryl/α,β-unsaturated/α-hetero) is 1. The van der Waals surface area contributed by atoms with E-state index in [0.29, 0.717) is 16.5 Å². The highest BCUT2D eigenvalue weighted by molar-refractivity contribution is 7.14. The van der Waals surface area contributed by atoms with Crippen LogP contribution in [-0.2, 0) is 16.0 Å². The number of carbonyl (C=O) groups is 3. The molecule has 1 atom stereocenters. The normalized spacial score (nSPS) is 16.1. The first-order valence-electron chi connectivity index (χ1n) is 11.3. The third-order valence-electron chi connectivity index (χ3n) is 5.86. The summed E-state index contributed by atoms with van der Waals surface area (Å²) < 4.78 is 0. The molecule has 2 fully saturated rings. The van der Waals surface area contributed by atoms with Gasteiger partial charge in [0.1, 0.15) is 10.9 Å². The number of nitrogens with zero attached hydrogens (tertiary/aromatic N) is 1. The molecule has 2 aliphatic rings. The van der Waals surface area contributed by atoms with Crippen molar-refractivity contribution in [1.82, 2.24) is 15.6 Å². The number of thiazole rings is 1. The van der Waals surface area contributed by atoms with E-state index < -0.39 is 17.7 Å². The van der Waals surface area contributed by atoms with Crippen molar-refractivity contribution >= 4 is 28.9 Å². The Bertz CT molecular complexity index is 1170. The Labute approximate surface area is 196 Å². The van der Waals surface area contributed by atoms with Gasteiger partial charge in [-0.3, -0.25) is 14.4 Å². The fraction of sp³-hybridized carbons (Fsp3) is 0.308. The van der Waals surface area contributed by atoms with Crippen molar-refractivity contribution in [2.75, 3.05) is 0 Å². The summed E-state index contributed by atoms with van der Waals surface area (Å²) in [5.41, 5.74) is 2.37. The third kappa shape index (κ3) is 5.20. The highest BCUT2D eigenvalue weighted by Gasteiger charge is 2.34. The first-order valence-corrected chi connectivity index (χ1v) is 12.2. The molecule has 6 nitrogen and oxygen atoms in total. The van der Waals surface area contributed by atoms with Gasteiger partial charge in [0, 0.05) is 23.9 Å². The van der Waals surface area contributed by atoms with Gasteiger partial charge < -0.3 is 10.6 Å². The smallest absolute Gasteiger partial charge is 0.289 e. The topological polar surface area (TPSA) is 88.2 Å². The first-order chi connectivity index (χ1) is 16.1. The minimum atomic E-state index is -0.950. The Morgan fingerprint density at radius 3 is 2.24 bits per heavy atom. The fourth-order valence-electron chi connectivity index (χ4n) is 3.71. The molecule has 2 aliphatic carbocycles. The van der Waals surface area contributed by atoms with Crippen LogP contribution in [0.2, 0.25) is 0 Å². The molecule has 2 aromatic carbocycles. The number of hydrogen-bond acceptors (Lipinski definition) is 5. The molecular formula is C26H25N3O3S. The number of aromatic nitrogens is 1. The van der Waals surface area contributed by atoms with Gasteiger partial charge in [-0.25, -0.2) is 4.98 Å². The average Bonchev–Trinajstić information content (AvgIpc) is 3.78. The number of hydrogen-bond donors (Lipinski definition) is 2. The van der Waals surface area contributed by atoms with Crippen molar-refractivity contribution in [3.63, 3.8) is 0 Å². The van der Waals surface area contributed by atoms with Crippen LogP contribution >= 0.6 is 11.3 Å². The van der Waals surface area contributed by atoms with E-state index in [1.165, 1.54) is 11.3 Å². The largest absolute Gasteiger partial charge is 0.347 e. The molecule has 33 heavy (non-hydrogen) atoms. The highest BCUT2D eigenvalue weighted by Crippen LogP contribution is 2.44. The summed E-state index contributed by atoms with van der Waals surface area (Å²) in [7, 11) is 0. The molecule has 7 heteroatoms. The van der Waals surface area contributed by atoms with Crippen LogP contribution in [0.5, 0.6) is 0 Å². The third-order valence-corrected chi connectivity index (χ3v) is 7.08. The van der Waals surface area contributed by atoms with Crippen LogP contribution in [0.3, 0.4) is 0 Å². The summed E-state index contributed by atoms with van der Waals surface area (Å²) in [6.45, 7) is 0. The number of rotatable bonds is 9. The summed E-state index contributed by atoms with van der Waals surface area (Å²) in [4.78, 5) is 44.2. The zero-order valence-corrected chi connectivity index (χ0v) is 18.9. The minimum absolute atomic E-state index is 0.0711. The zero-order chi connectivity index (χ0) is 22.8. The summed E-state index contributed by atoms with van der Waals surface area (Å²) in [5, 5.41) is 6.56. The van der Waals surface area contributed by atoms with Crippen LogP contribution < -0.4 is 10.6 Å². The van der Waals surface area contributed by atoms with Crippen molar-refractivity contribution in [1.29, 1.82) is 0 Å². The van der Waals surface area contributed by atoms with Gasteiger partial charge in [-0.2, -0.15) is 0 Å². The average molecular weight is 460 g/mol. The number of amides is 2. The molecule has 0 bridgehead atoms. The maximum absolute atomic E-state index is 13.4. The van der Waals surface area contributed by atoms with Crippen molar-refractivity contribution in [3.05, 3.63) is 76.1 Å². The molecule has 2 saturated carbocycles. The molecule has 0 unspecified atom stereocenters. The lowest BCUT2D eigenvalue weighted by atomic mass is 10.0. The lowest BCUT2D eigenvalue weighted by Crippen LogP contribution is -2.49. The number of carbonyl (C=O) groups excluding carboxylic acids is 3. The summed E-state index contributed by atoms with van der Waals surface area (Å²) in [6.07, 6.45) is 4.19. The first kappa shape index (κ1) is 21.5. The second-order valence-electron chi connectivity index (χ2n) is 8.70. The van der Waals surface area contributed by atoms with E-state index in [4.69, 9.17) is 4.98 Å². The van der Waals surface area contributed by atoms with Crippen molar-refractivity contribution in [2.24, 2.45) is 0 Å². The Morgan fingerprint density at radius 1 is 0.939 bits per heavy atom. The molecule has 3 aromatic rings. The predicted molar refractivity (Wildman–Crippen MR) is 127 cm³/mol. The maximum atomic E-state index is 13.4. The van der Waals surface area contributed by atoms with Crippen molar-refractivity contribution in [2.45, 2.75) is 50.1 Å². The van der Waals surface area contributed by atoms with Crippen molar-refractivity contribution in [3.8, 4) is 11.3 Å². The minimum Gasteiger partial charge on any atom is -0.347 e. The predicted octanol–water partition coefficient (Wildman–Crippen LogP) is 3.88. The van der Waals surface area contributed by atoms with Crippen LogP contribution in [0, 0.1) is 0 Å². The monoisotopic (exact) mass is 459 g/mol. The molecule has 0 spiro atoms. The Hall–Kier alpha value is -3.32. The molecule has 0 radical (unpaired) electrons. The van der Waals surface area contributed by atoms with Crippen LogP contribution in [0.25, 0.3) is 11.3 Å². The summed E-state index contributed by atoms with van der Waals surface area (Å²) in [5.74, 6) is -1.21. The molecule has 1 heterocycles. The van der Waals surface area contributed by atoms with Crippen LogP contribution in [0.4, 0.5) is 0 Å². The Morgan fingerprint density at radius 2 is 1.61 bits per heavy atom. The van der Waals surface area contributed by atoms with E-state index in [-0.39, 0.29) is 18.4 Å². The Balaban J connectivity index is 1.42. The molecule has 5 rings (SSSR count). The molecule has 0 aliphatic heterocycles. The lowest BCUT2D eigenvalue weighted by molar-refractivity contribution is -0.139. The number of ketones is 1. The second-order valence-corrected chi connectivity index (χ2v) is 9.73. The molecule has 0 saturated heterocycles. The van der Waals surface area contributed by atoms with E-state index in [0.717, 1.165) is 41.8 Å². The molecular weight excluding hydrogens is 434 g/mol. The summed E-state index contributed by atoms with van der Waals surface area (Å²) >= 11 is 1.39. The van der Waals surface area contributed by atoms with E-state index in [1.54, 1.807) is 0 Å². The molecule has 2 amide bonds. The summed E-state index contributed by atoms with van der Waals surface area (Å²) in [6, 6.07) is 18.1. The quantitative estimate of drug-likeness (QED) is 0.476. The van der Waals surface area contributed by atoms with Crippen LogP contribution in [-0.4, -0.2) is 34.7 Å². The van der Waals surface area contributed by atoms with Gasteiger partial charge >= 0.3 is 0 Å². The van der Waals surface area contributed by atoms with Gasteiger partial charge in [-0.1, -0.05) is 60.7 Å². The SMILES string of the molecule is O=C(NC1CC1)C(=O)[C@H](Cc1ccccc1)NC(=O)c1sc(C2CC2)nc1-c1ccccc1. The van der Waals surface area contributed by atoms with Gasteiger partial charge in [-0.05, 0) is 31.2 Å². The second kappa shape index (κ2) is 9.27.